The molecule has 2 heteroatoms. The quantitative estimate of drug-likeness (QED) is 0.444. The van der Waals surface area contributed by atoms with Crippen molar-refractivity contribution in [3.8, 4) is 0 Å². The highest BCUT2D eigenvalue weighted by molar-refractivity contribution is 5.73. The summed E-state index contributed by atoms with van der Waals surface area (Å²) in [5.41, 5.74) is 1.10. The van der Waals surface area contributed by atoms with E-state index in [0.717, 1.165) is 36.0 Å². The van der Waals surface area contributed by atoms with Crippen LogP contribution in [0.15, 0.2) is 0 Å². The van der Waals surface area contributed by atoms with Crippen molar-refractivity contribution in [3.05, 3.63) is 0 Å². The van der Waals surface area contributed by atoms with Gasteiger partial charge < -0.3 is 4.74 Å². The minimum atomic E-state index is 0.0533. The van der Waals surface area contributed by atoms with Crippen molar-refractivity contribution < 1.29 is 9.53 Å². The summed E-state index contributed by atoms with van der Waals surface area (Å²) in [6.45, 7) is 12.1. The molecule has 5 fully saturated rings. The maximum atomic E-state index is 12.4. The summed E-state index contributed by atoms with van der Waals surface area (Å²) in [4.78, 5) is 12.4. The van der Waals surface area contributed by atoms with E-state index in [1.807, 2.05) is 6.92 Å². The Hall–Kier alpha value is -0.530. The van der Waals surface area contributed by atoms with E-state index in [0.29, 0.717) is 22.7 Å². The summed E-state index contributed by atoms with van der Waals surface area (Å²) in [6.07, 6.45) is 15.8. The van der Waals surface area contributed by atoms with Crippen LogP contribution in [0, 0.1) is 58.2 Å². The third kappa shape index (κ3) is 3.05. The van der Waals surface area contributed by atoms with Gasteiger partial charge >= 0.3 is 5.97 Å². The van der Waals surface area contributed by atoms with Crippen molar-refractivity contribution in [3.63, 3.8) is 0 Å². The fraction of sp³-hybridized carbons (Fsp3) is 0.964. The fourth-order valence-electron chi connectivity index (χ4n) is 9.89. The van der Waals surface area contributed by atoms with E-state index in [4.69, 9.17) is 4.74 Å². The standard InChI is InChI=1S/C28H46O2/c1-17-16-25(30-26(29)18(17)2)19(3)22-11-12-23-21-10-9-20-8-6-7-14-27(20,4)24(21)13-15-28(22,23)5/h17-25H,6-16H2,1-5H3/t17-,18?,19-,20?,21-,22+,23-,24-,25?,27-,28+/m0/s1. The lowest BCUT2D eigenvalue weighted by Crippen LogP contribution is -2.53. The average molecular weight is 415 g/mol. The molecule has 0 aromatic rings. The van der Waals surface area contributed by atoms with Crippen molar-refractivity contribution in [2.24, 2.45) is 58.2 Å². The molecule has 170 valence electrons. The van der Waals surface area contributed by atoms with Crippen LogP contribution in [0.4, 0.5) is 0 Å². The van der Waals surface area contributed by atoms with E-state index in [9.17, 15) is 4.79 Å². The highest BCUT2D eigenvalue weighted by Gasteiger charge is 2.60. The molecule has 0 N–H and O–H groups in total. The van der Waals surface area contributed by atoms with Crippen LogP contribution in [0.2, 0.25) is 0 Å². The first-order valence-electron chi connectivity index (χ1n) is 13.5. The number of fused-ring (bicyclic) bond motifs is 5. The molecule has 1 aliphatic heterocycles. The lowest BCUT2D eigenvalue weighted by Gasteiger charge is -2.61. The van der Waals surface area contributed by atoms with Crippen LogP contribution in [0.5, 0.6) is 0 Å². The number of cyclic esters (lactones) is 1. The first-order chi connectivity index (χ1) is 14.3. The number of rotatable bonds is 2. The van der Waals surface area contributed by atoms with Gasteiger partial charge in [0.2, 0.25) is 0 Å². The number of esters is 1. The molecule has 0 bridgehead atoms. The van der Waals surface area contributed by atoms with E-state index in [1.54, 1.807) is 0 Å². The van der Waals surface area contributed by atoms with E-state index in [2.05, 4.69) is 27.7 Å². The smallest absolute Gasteiger partial charge is 0.309 e. The number of hydrogen-bond acceptors (Lipinski definition) is 2. The largest absolute Gasteiger partial charge is 0.462 e. The summed E-state index contributed by atoms with van der Waals surface area (Å²) >= 11 is 0. The van der Waals surface area contributed by atoms with Gasteiger partial charge in [-0.05, 0) is 110 Å². The first kappa shape index (κ1) is 21.3. The first-order valence-corrected chi connectivity index (χ1v) is 13.5. The van der Waals surface area contributed by atoms with E-state index >= 15 is 0 Å². The van der Waals surface area contributed by atoms with Crippen LogP contribution in [0.1, 0.15) is 105 Å². The maximum Gasteiger partial charge on any atom is 0.309 e. The molecule has 4 aliphatic carbocycles. The molecule has 0 aromatic heterocycles. The highest BCUT2D eigenvalue weighted by atomic mass is 16.5. The summed E-state index contributed by atoms with van der Waals surface area (Å²) in [6, 6.07) is 0. The minimum absolute atomic E-state index is 0.0533. The molecular weight excluding hydrogens is 368 g/mol. The van der Waals surface area contributed by atoms with Gasteiger partial charge in [0, 0.05) is 0 Å². The van der Waals surface area contributed by atoms with Crippen molar-refractivity contribution in [2.45, 2.75) is 111 Å². The van der Waals surface area contributed by atoms with Crippen LogP contribution in [0.3, 0.4) is 0 Å². The third-order valence-electron chi connectivity index (χ3n) is 12.0. The van der Waals surface area contributed by atoms with Gasteiger partial charge in [-0.15, -0.1) is 0 Å². The fourth-order valence-corrected chi connectivity index (χ4v) is 9.89. The Morgan fingerprint density at radius 1 is 0.900 bits per heavy atom. The van der Waals surface area contributed by atoms with Crippen LogP contribution < -0.4 is 0 Å². The second kappa shape index (κ2) is 7.51. The zero-order chi connectivity index (χ0) is 21.3. The molecule has 3 unspecified atom stereocenters. The summed E-state index contributed by atoms with van der Waals surface area (Å²) < 4.78 is 6.02. The van der Waals surface area contributed by atoms with E-state index in [1.165, 1.54) is 64.2 Å². The van der Waals surface area contributed by atoms with Gasteiger partial charge in [0.05, 0.1) is 5.92 Å². The van der Waals surface area contributed by atoms with Crippen LogP contribution in [-0.2, 0) is 9.53 Å². The predicted octanol–water partition coefficient (Wildman–Crippen LogP) is 7.26. The molecule has 5 aliphatic rings. The summed E-state index contributed by atoms with van der Waals surface area (Å²) in [7, 11) is 0. The Morgan fingerprint density at radius 3 is 2.43 bits per heavy atom. The molecule has 0 spiro atoms. The Kier molecular flexibility index (Phi) is 5.34. The Morgan fingerprint density at radius 2 is 1.67 bits per heavy atom. The molecule has 5 rings (SSSR count). The lowest BCUT2D eigenvalue weighted by atomic mass is 9.44. The number of ether oxygens (including phenoxy) is 1. The molecular formula is C28H46O2. The van der Waals surface area contributed by atoms with Crippen LogP contribution in [0.25, 0.3) is 0 Å². The molecule has 1 heterocycles. The molecule has 4 saturated carbocycles. The molecule has 0 amide bonds. The average Bonchev–Trinajstić information content (AvgIpc) is 3.07. The molecule has 11 atom stereocenters. The number of carbonyl (C=O) groups is 1. The summed E-state index contributed by atoms with van der Waals surface area (Å²) in [5, 5.41) is 0. The lowest BCUT2D eigenvalue weighted by molar-refractivity contribution is -0.171. The predicted molar refractivity (Wildman–Crippen MR) is 122 cm³/mol. The van der Waals surface area contributed by atoms with E-state index in [-0.39, 0.29) is 18.0 Å². The second-order valence-electron chi connectivity index (χ2n) is 13.0. The monoisotopic (exact) mass is 414 g/mol. The van der Waals surface area contributed by atoms with E-state index < -0.39 is 0 Å². The van der Waals surface area contributed by atoms with Crippen molar-refractivity contribution in [2.75, 3.05) is 0 Å². The van der Waals surface area contributed by atoms with Crippen LogP contribution in [-0.4, -0.2) is 12.1 Å². The van der Waals surface area contributed by atoms with Gasteiger partial charge in [-0.3, -0.25) is 4.79 Å². The Bertz CT molecular complexity index is 672. The number of hydrogen-bond donors (Lipinski definition) is 0. The zero-order valence-electron chi connectivity index (χ0n) is 20.3. The topological polar surface area (TPSA) is 26.3 Å². The van der Waals surface area contributed by atoms with Crippen molar-refractivity contribution in [1.82, 2.24) is 0 Å². The molecule has 0 radical (unpaired) electrons. The van der Waals surface area contributed by atoms with Gasteiger partial charge in [0.15, 0.2) is 0 Å². The molecule has 0 aromatic carbocycles. The normalized spacial score (nSPS) is 54.5. The summed E-state index contributed by atoms with van der Waals surface area (Å²) in [5.74, 6) is 5.71. The second-order valence-corrected chi connectivity index (χ2v) is 13.0. The van der Waals surface area contributed by atoms with Crippen molar-refractivity contribution in [1.29, 1.82) is 0 Å². The Labute approximate surface area is 185 Å². The van der Waals surface area contributed by atoms with Gasteiger partial charge in [-0.2, -0.15) is 0 Å². The Balaban J connectivity index is 1.35. The van der Waals surface area contributed by atoms with Gasteiger partial charge in [0.1, 0.15) is 6.10 Å². The molecule has 1 saturated heterocycles. The number of carbonyl (C=O) groups excluding carboxylic acids is 1. The SMILES string of the molecule is CC1C(=O)OC([C@@H](C)[C@H]2CC[C@H]3[C@@H]4CCC5CCCC[C@]5(C)[C@H]4CC[C@]23C)C[C@@H]1C. The zero-order valence-corrected chi connectivity index (χ0v) is 20.3. The minimum Gasteiger partial charge on any atom is -0.462 e. The van der Waals surface area contributed by atoms with Gasteiger partial charge in [-0.1, -0.05) is 47.5 Å². The van der Waals surface area contributed by atoms with Crippen molar-refractivity contribution >= 4 is 5.97 Å². The third-order valence-corrected chi connectivity index (χ3v) is 12.0. The van der Waals surface area contributed by atoms with Crippen LogP contribution >= 0.6 is 0 Å². The molecule has 30 heavy (non-hydrogen) atoms. The molecule has 2 nitrogen and oxygen atoms in total. The maximum absolute atomic E-state index is 12.4. The van der Waals surface area contributed by atoms with Gasteiger partial charge in [0.25, 0.3) is 0 Å². The highest BCUT2D eigenvalue weighted by Crippen LogP contribution is 2.68. The van der Waals surface area contributed by atoms with Gasteiger partial charge in [-0.25, -0.2) is 0 Å².